The number of benzene rings is 1. The van der Waals surface area contributed by atoms with Crippen LogP contribution in [-0.2, 0) is 6.54 Å². The number of phenols is 1. The summed E-state index contributed by atoms with van der Waals surface area (Å²) in [5.74, 6) is 0.0175. The zero-order chi connectivity index (χ0) is 12.2. The molecule has 0 amide bonds. The van der Waals surface area contributed by atoms with Gasteiger partial charge < -0.3 is 10.4 Å². The van der Waals surface area contributed by atoms with Crippen molar-refractivity contribution in [2.24, 2.45) is 0 Å². The summed E-state index contributed by atoms with van der Waals surface area (Å²) in [5.41, 5.74) is 0.481. The van der Waals surface area contributed by atoms with Gasteiger partial charge >= 0.3 is 6.18 Å². The predicted octanol–water partition coefficient (Wildman–Crippen LogP) is 3.09. The lowest BCUT2D eigenvalue weighted by Crippen LogP contribution is -2.21. The number of rotatable bonds is 4. The molecule has 0 bridgehead atoms. The number of hydrogen-bond acceptors (Lipinski definition) is 2. The molecule has 2 N–H and O–H groups in total. The van der Waals surface area contributed by atoms with E-state index in [9.17, 15) is 18.3 Å². The lowest BCUT2D eigenvalue weighted by atomic mass is 10.2. The normalized spacial score (nSPS) is 11.8. The molecule has 0 saturated carbocycles. The molecule has 1 aromatic carbocycles. The highest BCUT2D eigenvalue weighted by Gasteiger charge is 2.25. The van der Waals surface area contributed by atoms with E-state index in [1.54, 1.807) is 0 Å². The summed E-state index contributed by atoms with van der Waals surface area (Å²) >= 11 is 5.68. The minimum Gasteiger partial charge on any atom is -0.508 e. The Balaban J connectivity index is 2.40. The van der Waals surface area contributed by atoms with Crippen LogP contribution in [0.3, 0.4) is 0 Å². The van der Waals surface area contributed by atoms with E-state index in [2.05, 4.69) is 5.32 Å². The van der Waals surface area contributed by atoms with E-state index < -0.39 is 12.6 Å². The topological polar surface area (TPSA) is 32.3 Å². The molecule has 0 aliphatic carbocycles. The van der Waals surface area contributed by atoms with Gasteiger partial charge in [0, 0.05) is 23.7 Å². The fourth-order valence-corrected chi connectivity index (χ4v) is 1.34. The second-order valence-corrected chi connectivity index (χ2v) is 3.75. The molecule has 0 heterocycles. The molecule has 0 radical (unpaired) electrons. The van der Waals surface area contributed by atoms with Crippen LogP contribution in [0.5, 0.6) is 5.75 Å². The molecule has 1 aromatic rings. The molecule has 6 heteroatoms. The van der Waals surface area contributed by atoms with Crippen molar-refractivity contribution >= 4 is 11.6 Å². The van der Waals surface area contributed by atoms with Crippen molar-refractivity contribution in [1.29, 1.82) is 0 Å². The van der Waals surface area contributed by atoms with Crippen LogP contribution in [0.2, 0.25) is 5.02 Å². The van der Waals surface area contributed by atoms with Crippen LogP contribution in [0.25, 0.3) is 0 Å². The first-order valence-electron chi connectivity index (χ1n) is 4.63. The highest BCUT2D eigenvalue weighted by atomic mass is 35.5. The SMILES string of the molecule is Oc1ccc(Cl)cc1CNCCC(F)(F)F. The van der Waals surface area contributed by atoms with Crippen LogP contribution < -0.4 is 5.32 Å². The van der Waals surface area contributed by atoms with E-state index in [1.807, 2.05) is 0 Å². The van der Waals surface area contributed by atoms with Crippen molar-refractivity contribution in [3.05, 3.63) is 28.8 Å². The molecule has 1 rings (SSSR count). The molecule has 0 aliphatic heterocycles. The summed E-state index contributed by atoms with van der Waals surface area (Å²) in [6.45, 7) is -0.0298. The summed E-state index contributed by atoms with van der Waals surface area (Å²) in [7, 11) is 0. The lowest BCUT2D eigenvalue weighted by Gasteiger charge is -2.09. The summed E-state index contributed by atoms with van der Waals surface area (Å²) in [6.07, 6.45) is -5.06. The van der Waals surface area contributed by atoms with E-state index >= 15 is 0 Å². The van der Waals surface area contributed by atoms with Crippen LogP contribution in [0.4, 0.5) is 13.2 Å². The second kappa shape index (κ2) is 5.41. The highest BCUT2D eigenvalue weighted by molar-refractivity contribution is 6.30. The van der Waals surface area contributed by atoms with Crippen molar-refractivity contribution in [2.45, 2.75) is 19.1 Å². The lowest BCUT2D eigenvalue weighted by molar-refractivity contribution is -0.133. The number of aromatic hydroxyl groups is 1. The first kappa shape index (κ1) is 13.1. The fourth-order valence-electron chi connectivity index (χ4n) is 1.15. The van der Waals surface area contributed by atoms with Gasteiger partial charge in [-0.15, -0.1) is 0 Å². The smallest absolute Gasteiger partial charge is 0.390 e. The van der Waals surface area contributed by atoms with Gasteiger partial charge in [0.1, 0.15) is 5.75 Å². The van der Waals surface area contributed by atoms with Crippen molar-refractivity contribution in [2.75, 3.05) is 6.54 Å². The van der Waals surface area contributed by atoms with Gasteiger partial charge in [-0.2, -0.15) is 13.2 Å². The Morgan fingerprint density at radius 2 is 2.00 bits per heavy atom. The van der Waals surface area contributed by atoms with E-state index in [-0.39, 0.29) is 18.8 Å². The summed E-state index contributed by atoms with van der Waals surface area (Å²) in [6, 6.07) is 4.43. The Bertz CT molecular complexity index is 354. The van der Waals surface area contributed by atoms with E-state index in [0.29, 0.717) is 10.6 Å². The maximum Gasteiger partial charge on any atom is 0.390 e. The van der Waals surface area contributed by atoms with Crippen LogP contribution in [-0.4, -0.2) is 17.8 Å². The van der Waals surface area contributed by atoms with E-state index in [1.165, 1.54) is 18.2 Å². The third-order valence-electron chi connectivity index (χ3n) is 1.94. The number of alkyl halides is 3. The molecule has 0 spiro atoms. The molecule has 0 unspecified atom stereocenters. The zero-order valence-electron chi connectivity index (χ0n) is 8.31. The average Bonchev–Trinajstić information content (AvgIpc) is 2.16. The number of hydrogen-bond donors (Lipinski definition) is 2. The van der Waals surface area contributed by atoms with Gasteiger partial charge in [0.2, 0.25) is 0 Å². The first-order chi connectivity index (χ1) is 7.38. The van der Waals surface area contributed by atoms with Crippen molar-refractivity contribution < 1.29 is 18.3 Å². The Morgan fingerprint density at radius 3 is 2.62 bits per heavy atom. The molecule has 0 aliphatic rings. The van der Waals surface area contributed by atoms with Crippen LogP contribution in [0.15, 0.2) is 18.2 Å². The molecular weight excluding hydrogens is 243 g/mol. The molecule has 16 heavy (non-hydrogen) atoms. The number of nitrogens with one attached hydrogen (secondary N) is 1. The molecule has 2 nitrogen and oxygen atoms in total. The van der Waals surface area contributed by atoms with E-state index in [4.69, 9.17) is 11.6 Å². The van der Waals surface area contributed by atoms with Gasteiger partial charge in [0.15, 0.2) is 0 Å². The summed E-state index contributed by atoms with van der Waals surface area (Å²) < 4.78 is 35.4. The predicted molar refractivity (Wildman–Crippen MR) is 55.5 cm³/mol. The Labute approximate surface area is 96.0 Å². The van der Waals surface area contributed by atoms with Crippen LogP contribution in [0.1, 0.15) is 12.0 Å². The van der Waals surface area contributed by atoms with Crippen molar-refractivity contribution in [3.8, 4) is 5.75 Å². The van der Waals surface area contributed by atoms with Gasteiger partial charge in [-0.25, -0.2) is 0 Å². The molecular formula is C10H11ClF3NO. The molecule has 0 atom stereocenters. The Morgan fingerprint density at radius 1 is 1.31 bits per heavy atom. The molecule has 0 saturated heterocycles. The second-order valence-electron chi connectivity index (χ2n) is 3.31. The minimum atomic E-state index is -4.16. The Hall–Kier alpha value is -0.940. The van der Waals surface area contributed by atoms with Gasteiger partial charge in [-0.05, 0) is 18.2 Å². The molecule has 0 aromatic heterocycles. The van der Waals surface area contributed by atoms with Crippen LogP contribution >= 0.6 is 11.6 Å². The summed E-state index contributed by atoms with van der Waals surface area (Å²) in [5, 5.41) is 12.4. The van der Waals surface area contributed by atoms with E-state index in [0.717, 1.165) is 0 Å². The molecule has 90 valence electrons. The third kappa shape index (κ3) is 4.72. The number of phenolic OH excluding ortho intramolecular Hbond substituents is 1. The number of halogens is 4. The molecule has 0 fully saturated rings. The third-order valence-corrected chi connectivity index (χ3v) is 2.18. The monoisotopic (exact) mass is 253 g/mol. The minimum absolute atomic E-state index is 0.0175. The van der Waals surface area contributed by atoms with Crippen molar-refractivity contribution in [3.63, 3.8) is 0 Å². The largest absolute Gasteiger partial charge is 0.508 e. The quantitative estimate of drug-likeness (QED) is 0.809. The van der Waals surface area contributed by atoms with Gasteiger partial charge in [-0.1, -0.05) is 11.6 Å². The average molecular weight is 254 g/mol. The fraction of sp³-hybridized carbons (Fsp3) is 0.400. The standard InChI is InChI=1S/C10H11ClF3NO/c11-8-1-2-9(16)7(5-8)6-15-4-3-10(12,13)14/h1-2,5,15-16H,3-4,6H2. The highest BCUT2D eigenvalue weighted by Crippen LogP contribution is 2.22. The zero-order valence-corrected chi connectivity index (χ0v) is 9.07. The van der Waals surface area contributed by atoms with Gasteiger partial charge in [0.25, 0.3) is 0 Å². The van der Waals surface area contributed by atoms with Gasteiger partial charge in [0.05, 0.1) is 6.42 Å². The summed E-state index contributed by atoms with van der Waals surface area (Å²) in [4.78, 5) is 0. The Kier molecular flexibility index (Phi) is 4.44. The maximum absolute atomic E-state index is 11.8. The van der Waals surface area contributed by atoms with Crippen molar-refractivity contribution in [1.82, 2.24) is 5.32 Å². The van der Waals surface area contributed by atoms with Gasteiger partial charge in [-0.3, -0.25) is 0 Å². The van der Waals surface area contributed by atoms with Crippen LogP contribution in [0, 0.1) is 0 Å². The maximum atomic E-state index is 11.8. The first-order valence-corrected chi connectivity index (χ1v) is 5.01.